The van der Waals surface area contributed by atoms with Crippen molar-refractivity contribution in [2.75, 3.05) is 18.0 Å². The number of hydrogen-bond donors (Lipinski definition) is 1. The highest BCUT2D eigenvalue weighted by Gasteiger charge is 2.13. The van der Waals surface area contributed by atoms with E-state index in [-0.39, 0.29) is 0 Å². The van der Waals surface area contributed by atoms with Gasteiger partial charge in [0.25, 0.3) is 0 Å². The van der Waals surface area contributed by atoms with Crippen molar-refractivity contribution in [1.82, 2.24) is 9.97 Å². The van der Waals surface area contributed by atoms with Crippen LogP contribution in [0.15, 0.2) is 53.6 Å². The molecule has 1 saturated heterocycles. The van der Waals surface area contributed by atoms with Gasteiger partial charge in [-0.1, -0.05) is 18.2 Å². The summed E-state index contributed by atoms with van der Waals surface area (Å²) in [6, 6.07) is 14.5. The summed E-state index contributed by atoms with van der Waals surface area (Å²) in [4.78, 5) is 12.8. The summed E-state index contributed by atoms with van der Waals surface area (Å²) in [5.41, 5.74) is 4.24. The highest BCUT2D eigenvalue weighted by Crippen LogP contribution is 2.25. The van der Waals surface area contributed by atoms with E-state index in [0.29, 0.717) is 0 Å². The molecule has 1 aliphatic rings. The van der Waals surface area contributed by atoms with E-state index in [4.69, 9.17) is 4.98 Å². The third-order valence-electron chi connectivity index (χ3n) is 4.41. The first-order valence-electron chi connectivity index (χ1n) is 8.11. The number of aromatic nitrogens is 2. The van der Waals surface area contributed by atoms with Gasteiger partial charge in [0.05, 0.1) is 17.2 Å². The third kappa shape index (κ3) is 3.04. The molecule has 3 aromatic rings. The molecule has 0 atom stereocenters. The molecule has 23 heavy (non-hydrogen) atoms. The zero-order valence-electron chi connectivity index (χ0n) is 12.9. The van der Waals surface area contributed by atoms with Gasteiger partial charge >= 0.3 is 0 Å². The SMILES string of the molecule is Sc1ccc(-c2ccc3ncc(N4CCCCC4)nc3c2)cc1. The lowest BCUT2D eigenvalue weighted by Crippen LogP contribution is -2.30. The van der Waals surface area contributed by atoms with E-state index >= 15 is 0 Å². The van der Waals surface area contributed by atoms with Crippen molar-refractivity contribution in [2.45, 2.75) is 24.2 Å². The van der Waals surface area contributed by atoms with Gasteiger partial charge in [-0.05, 0) is 54.7 Å². The Morgan fingerprint density at radius 2 is 1.57 bits per heavy atom. The molecule has 0 aliphatic carbocycles. The van der Waals surface area contributed by atoms with Crippen molar-refractivity contribution in [3.05, 3.63) is 48.7 Å². The number of hydrogen-bond acceptors (Lipinski definition) is 4. The number of rotatable bonds is 2. The largest absolute Gasteiger partial charge is 0.355 e. The third-order valence-corrected chi connectivity index (χ3v) is 4.71. The Hall–Kier alpha value is -2.07. The molecule has 0 unspecified atom stereocenters. The first kappa shape index (κ1) is 14.5. The van der Waals surface area contributed by atoms with E-state index in [1.165, 1.54) is 24.8 Å². The lowest BCUT2D eigenvalue weighted by Gasteiger charge is -2.27. The molecule has 0 amide bonds. The molecule has 2 aromatic carbocycles. The van der Waals surface area contributed by atoms with Crippen LogP contribution in [0.25, 0.3) is 22.2 Å². The van der Waals surface area contributed by atoms with Crippen LogP contribution in [0.5, 0.6) is 0 Å². The van der Waals surface area contributed by atoms with Gasteiger partial charge in [0.15, 0.2) is 0 Å². The Balaban J connectivity index is 1.72. The number of anilines is 1. The van der Waals surface area contributed by atoms with E-state index in [2.05, 4.69) is 46.8 Å². The quantitative estimate of drug-likeness (QED) is 0.701. The first-order valence-corrected chi connectivity index (χ1v) is 8.55. The maximum Gasteiger partial charge on any atom is 0.147 e. The predicted molar refractivity (Wildman–Crippen MR) is 98.3 cm³/mol. The molecule has 1 aliphatic heterocycles. The zero-order valence-corrected chi connectivity index (χ0v) is 13.8. The number of benzene rings is 2. The smallest absolute Gasteiger partial charge is 0.147 e. The van der Waals surface area contributed by atoms with Gasteiger partial charge in [-0.2, -0.15) is 0 Å². The van der Waals surface area contributed by atoms with Gasteiger partial charge in [-0.3, -0.25) is 4.98 Å². The van der Waals surface area contributed by atoms with E-state index in [9.17, 15) is 0 Å². The highest BCUT2D eigenvalue weighted by molar-refractivity contribution is 7.80. The summed E-state index contributed by atoms with van der Waals surface area (Å²) in [6.45, 7) is 2.17. The van der Waals surface area contributed by atoms with Crippen molar-refractivity contribution in [2.24, 2.45) is 0 Å². The van der Waals surface area contributed by atoms with Gasteiger partial charge in [0, 0.05) is 18.0 Å². The fraction of sp³-hybridized carbons (Fsp3) is 0.263. The fourth-order valence-corrected chi connectivity index (χ4v) is 3.26. The second-order valence-electron chi connectivity index (χ2n) is 6.03. The number of nitrogens with zero attached hydrogens (tertiary/aromatic N) is 3. The summed E-state index contributed by atoms with van der Waals surface area (Å²) in [5.74, 6) is 1.00. The molecule has 1 aromatic heterocycles. The van der Waals surface area contributed by atoms with Crippen LogP contribution in [0.2, 0.25) is 0 Å². The van der Waals surface area contributed by atoms with Gasteiger partial charge in [0.1, 0.15) is 5.82 Å². The van der Waals surface area contributed by atoms with Crippen LogP contribution in [0.1, 0.15) is 19.3 Å². The Bertz CT molecular complexity index is 824. The molecule has 4 rings (SSSR count). The minimum absolute atomic E-state index is 0.945. The topological polar surface area (TPSA) is 29.0 Å². The van der Waals surface area contributed by atoms with Crippen LogP contribution in [0.3, 0.4) is 0 Å². The monoisotopic (exact) mass is 321 g/mol. The minimum atomic E-state index is 0.945. The molecule has 3 nitrogen and oxygen atoms in total. The van der Waals surface area contributed by atoms with E-state index < -0.39 is 0 Å². The molecule has 0 N–H and O–H groups in total. The molecule has 2 heterocycles. The van der Waals surface area contributed by atoms with Gasteiger partial charge in [0.2, 0.25) is 0 Å². The summed E-state index contributed by atoms with van der Waals surface area (Å²) >= 11 is 4.35. The predicted octanol–water partition coefficient (Wildman–Crippen LogP) is 4.58. The van der Waals surface area contributed by atoms with Gasteiger partial charge in [-0.15, -0.1) is 12.6 Å². The second kappa shape index (κ2) is 6.20. The van der Waals surface area contributed by atoms with Crippen LogP contribution in [-0.2, 0) is 0 Å². The Kier molecular flexibility index (Phi) is 3.92. The number of fused-ring (bicyclic) bond motifs is 1. The Morgan fingerprint density at radius 3 is 2.35 bits per heavy atom. The molecule has 4 heteroatoms. The van der Waals surface area contributed by atoms with Crippen LogP contribution >= 0.6 is 12.6 Å². The molecular formula is C19H19N3S. The van der Waals surface area contributed by atoms with Crippen LogP contribution in [-0.4, -0.2) is 23.1 Å². The number of thiol groups is 1. The first-order chi connectivity index (χ1) is 11.3. The second-order valence-corrected chi connectivity index (χ2v) is 6.54. The molecule has 0 spiro atoms. The molecule has 0 saturated carbocycles. The normalized spacial score (nSPS) is 15.1. The van der Waals surface area contributed by atoms with Crippen molar-refractivity contribution in [3.63, 3.8) is 0 Å². The maximum absolute atomic E-state index is 4.85. The van der Waals surface area contributed by atoms with E-state index in [1.54, 1.807) is 0 Å². The average Bonchev–Trinajstić information content (AvgIpc) is 2.62. The fourth-order valence-electron chi connectivity index (χ4n) is 3.11. The van der Waals surface area contributed by atoms with Gasteiger partial charge in [-0.25, -0.2) is 4.98 Å². The summed E-state index contributed by atoms with van der Waals surface area (Å²) in [7, 11) is 0. The maximum atomic E-state index is 4.85. The molecule has 0 radical (unpaired) electrons. The minimum Gasteiger partial charge on any atom is -0.355 e. The zero-order chi connectivity index (χ0) is 15.6. The van der Waals surface area contributed by atoms with Crippen LogP contribution < -0.4 is 4.90 Å². The Labute approximate surface area is 141 Å². The molecule has 0 bridgehead atoms. The van der Waals surface area contributed by atoms with Crippen molar-refractivity contribution in [3.8, 4) is 11.1 Å². The van der Waals surface area contributed by atoms with Crippen molar-refractivity contribution < 1.29 is 0 Å². The number of piperidine rings is 1. The highest BCUT2D eigenvalue weighted by atomic mass is 32.1. The van der Waals surface area contributed by atoms with Crippen molar-refractivity contribution in [1.29, 1.82) is 0 Å². The lowest BCUT2D eigenvalue weighted by atomic mass is 10.1. The van der Waals surface area contributed by atoms with Crippen LogP contribution in [0, 0.1) is 0 Å². The van der Waals surface area contributed by atoms with E-state index in [0.717, 1.165) is 40.4 Å². The van der Waals surface area contributed by atoms with Gasteiger partial charge < -0.3 is 4.90 Å². The molecular weight excluding hydrogens is 302 g/mol. The summed E-state index contributed by atoms with van der Waals surface area (Å²) in [5, 5.41) is 0. The van der Waals surface area contributed by atoms with Crippen molar-refractivity contribution >= 4 is 29.5 Å². The average molecular weight is 321 g/mol. The van der Waals surface area contributed by atoms with E-state index in [1.807, 2.05) is 24.4 Å². The molecule has 1 fully saturated rings. The summed E-state index contributed by atoms with van der Waals surface area (Å²) < 4.78 is 0. The standard InChI is InChI=1S/C19H19N3S/c23-16-7-4-14(5-8-16)15-6-9-17-18(12-15)21-19(13-20-17)22-10-2-1-3-11-22/h4-9,12-13,23H,1-3,10-11H2. The summed E-state index contributed by atoms with van der Waals surface area (Å²) in [6.07, 6.45) is 5.72. The Morgan fingerprint density at radius 1 is 0.826 bits per heavy atom. The lowest BCUT2D eigenvalue weighted by molar-refractivity contribution is 0.573. The van der Waals surface area contributed by atoms with Crippen LogP contribution in [0.4, 0.5) is 5.82 Å². The molecule has 116 valence electrons.